The number of nitrogens with one attached hydrogen (secondary N) is 1. The van der Waals surface area contributed by atoms with E-state index in [4.69, 9.17) is 23.2 Å². The molecule has 1 atom stereocenters. The quantitative estimate of drug-likeness (QED) is 0.903. The fourth-order valence-corrected chi connectivity index (χ4v) is 3.27. The van der Waals surface area contributed by atoms with Gasteiger partial charge in [0, 0.05) is 21.8 Å². The molecule has 0 spiro atoms. The van der Waals surface area contributed by atoms with Crippen LogP contribution in [0.2, 0.25) is 10.0 Å². The molecule has 1 aliphatic rings. The summed E-state index contributed by atoms with van der Waals surface area (Å²) in [4.78, 5) is 14.4. The van der Waals surface area contributed by atoms with Gasteiger partial charge in [0.1, 0.15) is 0 Å². The summed E-state index contributed by atoms with van der Waals surface area (Å²) in [5.74, 6) is -0.0105. The topological polar surface area (TPSA) is 32.3 Å². The van der Waals surface area contributed by atoms with E-state index in [-0.39, 0.29) is 5.91 Å². The van der Waals surface area contributed by atoms with E-state index in [9.17, 15) is 4.79 Å². The Morgan fingerprint density at radius 3 is 2.65 bits per heavy atom. The van der Waals surface area contributed by atoms with Crippen molar-refractivity contribution in [1.82, 2.24) is 4.90 Å². The second-order valence-corrected chi connectivity index (χ2v) is 6.11. The summed E-state index contributed by atoms with van der Waals surface area (Å²) >= 11 is 11.8. The molecule has 3 nitrogen and oxygen atoms in total. The number of nitrogens with zero attached hydrogens (tertiary/aromatic N) is 1. The van der Waals surface area contributed by atoms with E-state index in [1.807, 2.05) is 0 Å². The minimum Gasteiger partial charge on any atom is -0.325 e. The van der Waals surface area contributed by atoms with Crippen LogP contribution in [0.3, 0.4) is 0 Å². The minimum absolute atomic E-state index is 0.0105. The molecule has 1 aromatic carbocycles. The zero-order chi connectivity index (χ0) is 14.5. The van der Waals surface area contributed by atoms with Gasteiger partial charge >= 0.3 is 0 Å². The van der Waals surface area contributed by atoms with Crippen molar-refractivity contribution >= 4 is 34.8 Å². The Hall–Kier alpha value is -0.770. The van der Waals surface area contributed by atoms with Crippen LogP contribution in [0.15, 0.2) is 18.2 Å². The highest BCUT2D eigenvalue weighted by molar-refractivity contribution is 6.35. The third-order valence-corrected chi connectivity index (χ3v) is 4.15. The van der Waals surface area contributed by atoms with Crippen molar-refractivity contribution in [2.45, 2.75) is 38.6 Å². The highest BCUT2D eigenvalue weighted by Crippen LogP contribution is 2.23. The van der Waals surface area contributed by atoms with Crippen LogP contribution in [0, 0.1) is 0 Å². The summed E-state index contributed by atoms with van der Waals surface area (Å²) in [7, 11) is 0. The molecule has 0 bridgehead atoms. The Morgan fingerprint density at radius 2 is 2.00 bits per heavy atom. The lowest BCUT2D eigenvalue weighted by Crippen LogP contribution is -2.43. The maximum atomic E-state index is 12.1. The first-order valence-corrected chi connectivity index (χ1v) is 7.84. The standard InChI is InChI=1S/C15H20Cl2N2O/c1-2-14-5-3-4-6-19(14)10-15(20)18-13-8-11(16)7-12(17)9-13/h7-9,14H,2-6,10H2,1H3,(H,18,20). The lowest BCUT2D eigenvalue weighted by molar-refractivity contribution is -0.118. The van der Waals surface area contributed by atoms with Gasteiger partial charge in [-0.1, -0.05) is 36.5 Å². The average molecular weight is 315 g/mol. The van der Waals surface area contributed by atoms with Crippen LogP contribution in [0.4, 0.5) is 5.69 Å². The third kappa shape index (κ3) is 4.37. The third-order valence-electron chi connectivity index (χ3n) is 3.71. The first kappa shape index (κ1) is 15.6. The van der Waals surface area contributed by atoms with Crippen molar-refractivity contribution in [3.63, 3.8) is 0 Å². The van der Waals surface area contributed by atoms with E-state index in [1.165, 1.54) is 19.3 Å². The molecule has 1 saturated heterocycles. The Labute approximate surface area is 130 Å². The van der Waals surface area contributed by atoms with Crippen LogP contribution in [0.5, 0.6) is 0 Å². The van der Waals surface area contributed by atoms with Gasteiger partial charge in [0.15, 0.2) is 0 Å². The van der Waals surface area contributed by atoms with E-state index in [2.05, 4.69) is 17.1 Å². The number of rotatable bonds is 4. The Bertz CT molecular complexity index is 459. The molecule has 2 rings (SSSR count). The summed E-state index contributed by atoms with van der Waals surface area (Å²) in [5, 5.41) is 3.92. The zero-order valence-electron chi connectivity index (χ0n) is 11.7. The molecule has 0 aliphatic carbocycles. The van der Waals surface area contributed by atoms with E-state index in [0.717, 1.165) is 13.0 Å². The number of halogens is 2. The fraction of sp³-hybridized carbons (Fsp3) is 0.533. The number of piperidine rings is 1. The molecule has 0 aromatic heterocycles. The average Bonchev–Trinajstić information content (AvgIpc) is 2.37. The van der Waals surface area contributed by atoms with Crippen LogP contribution < -0.4 is 5.32 Å². The highest BCUT2D eigenvalue weighted by atomic mass is 35.5. The van der Waals surface area contributed by atoms with Crippen molar-refractivity contribution in [3.8, 4) is 0 Å². The molecule has 1 heterocycles. The summed E-state index contributed by atoms with van der Waals surface area (Å²) in [6, 6.07) is 5.59. The van der Waals surface area contributed by atoms with Crippen molar-refractivity contribution < 1.29 is 4.79 Å². The molecule has 0 radical (unpaired) electrons. The molecule has 110 valence electrons. The van der Waals surface area contributed by atoms with Crippen LogP contribution in [-0.2, 0) is 4.79 Å². The number of amides is 1. The van der Waals surface area contributed by atoms with Gasteiger partial charge in [-0.25, -0.2) is 0 Å². The van der Waals surface area contributed by atoms with Crippen LogP contribution in [-0.4, -0.2) is 29.9 Å². The highest BCUT2D eigenvalue weighted by Gasteiger charge is 2.22. The van der Waals surface area contributed by atoms with Crippen molar-refractivity contribution in [1.29, 1.82) is 0 Å². The van der Waals surface area contributed by atoms with Gasteiger partial charge in [0.2, 0.25) is 5.91 Å². The first-order chi connectivity index (χ1) is 9.58. The van der Waals surface area contributed by atoms with Crippen molar-refractivity contribution in [3.05, 3.63) is 28.2 Å². The molecule has 20 heavy (non-hydrogen) atoms. The van der Waals surface area contributed by atoms with Crippen molar-refractivity contribution in [2.24, 2.45) is 0 Å². The fourth-order valence-electron chi connectivity index (χ4n) is 2.74. The van der Waals surface area contributed by atoms with E-state index < -0.39 is 0 Å². The van der Waals surface area contributed by atoms with Gasteiger partial charge in [0.05, 0.1) is 6.54 Å². The summed E-state index contributed by atoms with van der Waals surface area (Å²) in [6.07, 6.45) is 4.72. The molecule has 0 saturated carbocycles. The number of hydrogen-bond donors (Lipinski definition) is 1. The van der Waals surface area contributed by atoms with Gasteiger partial charge in [0.25, 0.3) is 0 Å². The smallest absolute Gasteiger partial charge is 0.238 e. The van der Waals surface area contributed by atoms with E-state index in [1.54, 1.807) is 18.2 Å². The second kappa shape index (κ2) is 7.30. The van der Waals surface area contributed by atoms with Gasteiger partial charge in [-0.2, -0.15) is 0 Å². The number of anilines is 1. The zero-order valence-corrected chi connectivity index (χ0v) is 13.2. The van der Waals surface area contributed by atoms with Gasteiger partial charge in [-0.05, 0) is 44.0 Å². The molecular formula is C15H20Cl2N2O. The SMILES string of the molecule is CCC1CCCCN1CC(=O)Nc1cc(Cl)cc(Cl)c1. The number of hydrogen-bond acceptors (Lipinski definition) is 2. The number of carbonyl (C=O) groups is 1. The lowest BCUT2D eigenvalue weighted by atomic mass is 10.00. The molecule has 1 N–H and O–H groups in total. The number of carbonyl (C=O) groups excluding carboxylic acids is 1. The first-order valence-electron chi connectivity index (χ1n) is 7.08. The normalized spacial score (nSPS) is 19.9. The summed E-state index contributed by atoms with van der Waals surface area (Å²) in [6.45, 7) is 3.61. The van der Waals surface area contributed by atoms with Gasteiger partial charge in [-0.3, -0.25) is 9.69 Å². The maximum absolute atomic E-state index is 12.1. The molecule has 1 aliphatic heterocycles. The predicted octanol–water partition coefficient (Wildman–Crippen LogP) is 4.20. The molecule has 1 unspecified atom stereocenters. The van der Waals surface area contributed by atoms with Crippen LogP contribution in [0.1, 0.15) is 32.6 Å². The number of likely N-dealkylation sites (tertiary alicyclic amines) is 1. The van der Waals surface area contributed by atoms with Crippen molar-refractivity contribution in [2.75, 3.05) is 18.4 Å². The molecule has 5 heteroatoms. The Balaban J connectivity index is 1.94. The largest absolute Gasteiger partial charge is 0.325 e. The van der Waals surface area contributed by atoms with Gasteiger partial charge in [-0.15, -0.1) is 0 Å². The van der Waals surface area contributed by atoms with Crippen LogP contribution in [0.25, 0.3) is 0 Å². The number of benzene rings is 1. The molecular weight excluding hydrogens is 295 g/mol. The van der Waals surface area contributed by atoms with E-state index >= 15 is 0 Å². The minimum atomic E-state index is -0.0105. The summed E-state index contributed by atoms with van der Waals surface area (Å²) in [5.41, 5.74) is 0.651. The van der Waals surface area contributed by atoms with Crippen LogP contribution >= 0.6 is 23.2 Å². The molecule has 1 amide bonds. The summed E-state index contributed by atoms with van der Waals surface area (Å²) < 4.78 is 0. The molecule has 1 aromatic rings. The second-order valence-electron chi connectivity index (χ2n) is 5.23. The predicted molar refractivity (Wildman–Crippen MR) is 84.6 cm³/mol. The van der Waals surface area contributed by atoms with Gasteiger partial charge < -0.3 is 5.32 Å². The Morgan fingerprint density at radius 1 is 1.30 bits per heavy atom. The van der Waals surface area contributed by atoms with E-state index in [0.29, 0.717) is 28.3 Å². The monoisotopic (exact) mass is 314 g/mol. The Kier molecular flexibility index (Phi) is 5.70. The maximum Gasteiger partial charge on any atom is 0.238 e. The molecule has 1 fully saturated rings. The lowest BCUT2D eigenvalue weighted by Gasteiger charge is -2.34.